The summed E-state index contributed by atoms with van der Waals surface area (Å²) in [7, 11) is 0.00311. The van der Waals surface area contributed by atoms with Gasteiger partial charge in [-0.2, -0.15) is 0 Å². The SMILES string of the molecule is Cc1cc(C(C)(C)C)cc(C)c1C(=O)Pc1ccc(OC(C)C)cc1OC(C)C.[Li]. The molecule has 5 heteroatoms. The van der Waals surface area contributed by atoms with E-state index in [1.165, 1.54) is 5.56 Å². The number of carbonyl (C=O) groups is 1. The average molecular weight is 421 g/mol. The number of carbonyl (C=O) groups excluding carboxylic acids is 1. The Morgan fingerprint density at radius 1 is 0.900 bits per heavy atom. The van der Waals surface area contributed by atoms with Crippen LogP contribution in [-0.4, -0.2) is 36.6 Å². The molecule has 0 fully saturated rings. The van der Waals surface area contributed by atoms with Crippen LogP contribution in [0.5, 0.6) is 11.5 Å². The van der Waals surface area contributed by atoms with Gasteiger partial charge in [0.25, 0.3) is 0 Å². The van der Waals surface area contributed by atoms with Gasteiger partial charge in [0.05, 0.1) is 12.2 Å². The van der Waals surface area contributed by atoms with Gasteiger partial charge in [0, 0.05) is 35.8 Å². The summed E-state index contributed by atoms with van der Waals surface area (Å²) in [5, 5.41) is 0.915. The summed E-state index contributed by atoms with van der Waals surface area (Å²) in [6.07, 6.45) is 0.112. The Balaban J connectivity index is 0.00000450. The van der Waals surface area contributed by atoms with Gasteiger partial charge in [-0.3, -0.25) is 4.79 Å². The number of aryl methyl sites for hydroxylation is 2. The molecule has 3 nitrogen and oxygen atoms in total. The topological polar surface area (TPSA) is 35.5 Å². The first-order valence-corrected chi connectivity index (χ1v) is 11.3. The van der Waals surface area contributed by atoms with E-state index in [2.05, 4.69) is 32.9 Å². The van der Waals surface area contributed by atoms with Crippen molar-refractivity contribution in [1.82, 2.24) is 0 Å². The second-order valence-corrected chi connectivity index (χ2v) is 10.4. The zero-order valence-corrected chi connectivity index (χ0v) is 21.3. The van der Waals surface area contributed by atoms with Crippen molar-refractivity contribution >= 4 is 38.3 Å². The summed E-state index contributed by atoms with van der Waals surface area (Å²) < 4.78 is 11.8. The normalized spacial score (nSPS) is 11.8. The Morgan fingerprint density at radius 3 is 1.90 bits per heavy atom. The van der Waals surface area contributed by atoms with Gasteiger partial charge >= 0.3 is 0 Å². The maximum Gasteiger partial charge on any atom is 0.186 e. The van der Waals surface area contributed by atoms with E-state index in [4.69, 9.17) is 9.47 Å². The maximum atomic E-state index is 13.2. The van der Waals surface area contributed by atoms with Crippen LogP contribution in [0.25, 0.3) is 0 Å². The van der Waals surface area contributed by atoms with E-state index in [1.807, 2.05) is 59.7 Å². The van der Waals surface area contributed by atoms with Gasteiger partial charge in [-0.15, -0.1) is 0 Å². The van der Waals surface area contributed by atoms with Crippen LogP contribution in [-0.2, 0) is 5.41 Å². The number of rotatable bonds is 7. The standard InChI is InChI=1S/C25H35O3P.Li/c1-15(2)27-20-10-11-22(21(14-20)28-16(3)4)29-24(26)23-17(5)12-19(13-18(23)6)25(7,8)9;/h10-16,29H,1-9H3;. The third kappa shape index (κ3) is 7.16. The first kappa shape index (κ1) is 26.8. The molecule has 2 rings (SSSR count). The fourth-order valence-electron chi connectivity index (χ4n) is 3.24. The van der Waals surface area contributed by atoms with Crippen molar-refractivity contribution < 1.29 is 14.3 Å². The summed E-state index contributed by atoms with van der Waals surface area (Å²) in [4.78, 5) is 13.2. The maximum absolute atomic E-state index is 13.2. The number of benzene rings is 2. The molecule has 0 N–H and O–H groups in total. The van der Waals surface area contributed by atoms with Crippen LogP contribution in [0.15, 0.2) is 30.3 Å². The summed E-state index contributed by atoms with van der Waals surface area (Å²) in [5.41, 5.74) is 4.37. The van der Waals surface area contributed by atoms with Crippen LogP contribution in [0.4, 0.5) is 0 Å². The van der Waals surface area contributed by atoms with Gasteiger partial charge < -0.3 is 9.47 Å². The van der Waals surface area contributed by atoms with Gasteiger partial charge in [-0.1, -0.05) is 32.9 Å². The summed E-state index contributed by atoms with van der Waals surface area (Å²) in [5.74, 6) is 1.49. The summed E-state index contributed by atoms with van der Waals surface area (Å²) >= 11 is 0. The smallest absolute Gasteiger partial charge is 0.186 e. The van der Waals surface area contributed by atoms with Crippen LogP contribution < -0.4 is 14.8 Å². The fraction of sp³-hybridized carbons (Fsp3) is 0.480. The average Bonchev–Trinajstić information content (AvgIpc) is 2.54. The van der Waals surface area contributed by atoms with Crippen molar-refractivity contribution in [3.05, 3.63) is 52.6 Å². The van der Waals surface area contributed by atoms with E-state index < -0.39 is 0 Å². The van der Waals surface area contributed by atoms with Crippen molar-refractivity contribution in [3.63, 3.8) is 0 Å². The molecule has 0 aliphatic rings. The minimum Gasteiger partial charge on any atom is -0.491 e. The number of hydrogen-bond acceptors (Lipinski definition) is 3. The predicted molar refractivity (Wildman–Crippen MR) is 131 cm³/mol. The molecule has 2 aromatic carbocycles. The fourth-order valence-corrected chi connectivity index (χ4v) is 4.43. The molecule has 0 heterocycles. The summed E-state index contributed by atoms with van der Waals surface area (Å²) in [6.45, 7) is 18.6. The minimum atomic E-state index is 0. The monoisotopic (exact) mass is 421 g/mol. The van der Waals surface area contributed by atoms with Crippen molar-refractivity contribution in [1.29, 1.82) is 0 Å². The van der Waals surface area contributed by atoms with E-state index in [9.17, 15) is 4.79 Å². The van der Waals surface area contributed by atoms with Crippen molar-refractivity contribution in [2.24, 2.45) is 0 Å². The molecule has 159 valence electrons. The Kier molecular flexibility index (Phi) is 9.69. The summed E-state index contributed by atoms with van der Waals surface area (Å²) in [6, 6.07) is 10.1. The van der Waals surface area contributed by atoms with Gasteiger partial charge in [0.1, 0.15) is 11.5 Å². The van der Waals surface area contributed by atoms with Crippen LogP contribution in [0.1, 0.15) is 75.5 Å². The molecule has 0 spiro atoms. The minimum absolute atomic E-state index is 0. The van der Waals surface area contributed by atoms with Gasteiger partial charge in [-0.05, 0) is 84.4 Å². The molecule has 0 saturated heterocycles. The quantitative estimate of drug-likeness (QED) is 0.410. The van der Waals surface area contributed by atoms with Crippen LogP contribution in [0, 0.1) is 13.8 Å². The van der Waals surface area contributed by atoms with E-state index in [0.717, 1.165) is 33.5 Å². The van der Waals surface area contributed by atoms with Gasteiger partial charge in [0.15, 0.2) is 5.52 Å². The third-order valence-electron chi connectivity index (χ3n) is 4.56. The van der Waals surface area contributed by atoms with Crippen molar-refractivity contribution in [3.8, 4) is 11.5 Å². The molecule has 0 aliphatic heterocycles. The molecule has 2 aromatic rings. The molecule has 1 unspecified atom stereocenters. The van der Waals surface area contributed by atoms with E-state index >= 15 is 0 Å². The molecule has 0 bridgehead atoms. The first-order valence-electron chi connectivity index (χ1n) is 10.3. The van der Waals surface area contributed by atoms with Crippen LogP contribution in [0.3, 0.4) is 0 Å². The Bertz CT molecular complexity index is 859. The first-order chi connectivity index (χ1) is 13.4. The Hall–Kier alpha value is -1.26. The molecule has 0 saturated carbocycles. The molecular weight excluding hydrogens is 386 g/mol. The van der Waals surface area contributed by atoms with Crippen molar-refractivity contribution in [2.45, 2.75) is 79.9 Å². The van der Waals surface area contributed by atoms with Gasteiger partial charge in [0.2, 0.25) is 0 Å². The molecule has 30 heavy (non-hydrogen) atoms. The van der Waals surface area contributed by atoms with E-state index in [0.29, 0.717) is 0 Å². The Morgan fingerprint density at radius 2 is 1.43 bits per heavy atom. The number of hydrogen-bond donors (Lipinski definition) is 0. The zero-order valence-electron chi connectivity index (χ0n) is 20.3. The Labute approximate surface area is 196 Å². The van der Waals surface area contributed by atoms with Gasteiger partial charge in [-0.25, -0.2) is 0 Å². The van der Waals surface area contributed by atoms with Crippen molar-refractivity contribution in [2.75, 3.05) is 0 Å². The number of ether oxygens (including phenoxy) is 2. The second-order valence-electron chi connectivity index (χ2n) is 9.18. The molecule has 0 amide bonds. The third-order valence-corrected chi connectivity index (χ3v) is 5.72. The second kappa shape index (κ2) is 10.9. The van der Waals surface area contributed by atoms with Crippen LogP contribution >= 0.6 is 8.58 Å². The molecule has 0 aliphatic carbocycles. The predicted octanol–water partition coefficient (Wildman–Crippen LogP) is 5.94. The molecule has 1 atom stereocenters. The van der Waals surface area contributed by atoms with E-state index in [1.54, 1.807) is 0 Å². The molecule has 1 radical (unpaired) electrons. The van der Waals surface area contributed by atoms with E-state index in [-0.39, 0.29) is 50.6 Å². The largest absolute Gasteiger partial charge is 0.491 e. The zero-order chi connectivity index (χ0) is 21.9. The molecular formula is C25H35LiO3P. The van der Waals surface area contributed by atoms with Crippen LogP contribution in [0.2, 0.25) is 0 Å². The molecule has 0 aromatic heterocycles.